The van der Waals surface area contributed by atoms with Gasteiger partial charge in [0.2, 0.25) is 11.8 Å². The summed E-state index contributed by atoms with van der Waals surface area (Å²) >= 11 is 0. The van der Waals surface area contributed by atoms with Gasteiger partial charge in [0.05, 0.1) is 6.54 Å². The maximum absolute atomic E-state index is 12.4. The third kappa shape index (κ3) is 6.71. The van der Waals surface area contributed by atoms with Gasteiger partial charge in [0, 0.05) is 18.2 Å². The molecule has 2 aromatic carbocycles. The minimum absolute atomic E-state index is 0.000706. The fourth-order valence-corrected chi connectivity index (χ4v) is 3.92. The van der Waals surface area contributed by atoms with Crippen LogP contribution in [0.2, 0.25) is 0 Å². The Labute approximate surface area is 173 Å². The molecule has 0 atom stereocenters. The van der Waals surface area contributed by atoms with Gasteiger partial charge in [0.1, 0.15) is 0 Å². The van der Waals surface area contributed by atoms with Crippen LogP contribution >= 0.6 is 0 Å². The predicted octanol–water partition coefficient (Wildman–Crippen LogP) is 3.31. The number of benzene rings is 2. The Morgan fingerprint density at radius 1 is 1.00 bits per heavy atom. The SMILES string of the molecule is Cc1cc(C)cc(NC(=O)CN2CCC(C(=O)NCCc3ccccc3)CC2)c1. The first-order chi connectivity index (χ1) is 14.0. The molecule has 29 heavy (non-hydrogen) atoms. The minimum atomic E-state index is 0.000706. The van der Waals surface area contributed by atoms with E-state index in [1.807, 2.05) is 44.2 Å². The van der Waals surface area contributed by atoms with Crippen LogP contribution in [0.4, 0.5) is 5.69 Å². The standard InChI is InChI=1S/C24H31N3O2/c1-18-14-19(2)16-22(15-18)26-23(28)17-27-12-9-21(10-13-27)24(29)25-11-8-20-6-4-3-5-7-20/h3-7,14-16,21H,8-13,17H2,1-2H3,(H,25,29)(H,26,28). The first kappa shape index (κ1) is 21.1. The molecule has 1 heterocycles. The molecule has 1 aliphatic rings. The normalized spacial score (nSPS) is 15.1. The highest BCUT2D eigenvalue weighted by Crippen LogP contribution is 2.18. The Bertz CT molecular complexity index is 807. The molecular weight excluding hydrogens is 362 g/mol. The number of hydrogen-bond donors (Lipinski definition) is 2. The summed E-state index contributed by atoms with van der Waals surface area (Å²) in [6, 6.07) is 16.2. The van der Waals surface area contributed by atoms with Crippen molar-refractivity contribution in [1.82, 2.24) is 10.2 Å². The van der Waals surface area contributed by atoms with Crippen molar-refractivity contribution >= 4 is 17.5 Å². The molecule has 2 aromatic rings. The number of likely N-dealkylation sites (tertiary alicyclic amines) is 1. The summed E-state index contributed by atoms with van der Waals surface area (Å²) in [5, 5.41) is 6.05. The number of carbonyl (C=O) groups excluding carboxylic acids is 2. The molecule has 1 aliphatic heterocycles. The van der Waals surface area contributed by atoms with Gasteiger partial charge < -0.3 is 10.6 Å². The lowest BCUT2D eigenvalue weighted by Gasteiger charge is -2.30. The van der Waals surface area contributed by atoms with E-state index in [4.69, 9.17) is 0 Å². The van der Waals surface area contributed by atoms with Crippen LogP contribution in [0, 0.1) is 19.8 Å². The average Bonchev–Trinajstić information content (AvgIpc) is 2.68. The second-order valence-corrected chi connectivity index (χ2v) is 8.00. The minimum Gasteiger partial charge on any atom is -0.356 e. The largest absolute Gasteiger partial charge is 0.356 e. The van der Waals surface area contributed by atoms with E-state index in [-0.39, 0.29) is 17.7 Å². The van der Waals surface area contributed by atoms with E-state index in [0.717, 1.165) is 49.2 Å². The first-order valence-electron chi connectivity index (χ1n) is 10.4. The van der Waals surface area contributed by atoms with Crippen LogP contribution in [0.25, 0.3) is 0 Å². The van der Waals surface area contributed by atoms with Crippen molar-refractivity contribution in [3.63, 3.8) is 0 Å². The Morgan fingerprint density at radius 2 is 1.66 bits per heavy atom. The number of anilines is 1. The second-order valence-electron chi connectivity index (χ2n) is 8.00. The molecule has 0 unspecified atom stereocenters. The van der Waals surface area contributed by atoms with Gasteiger partial charge in [-0.15, -0.1) is 0 Å². The van der Waals surface area contributed by atoms with Crippen LogP contribution in [-0.4, -0.2) is 42.9 Å². The number of carbonyl (C=O) groups is 2. The van der Waals surface area contributed by atoms with Gasteiger partial charge in [-0.25, -0.2) is 0 Å². The smallest absolute Gasteiger partial charge is 0.238 e. The summed E-state index contributed by atoms with van der Waals surface area (Å²) in [7, 11) is 0. The lowest BCUT2D eigenvalue weighted by molar-refractivity contribution is -0.126. The zero-order valence-electron chi connectivity index (χ0n) is 17.4. The predicted molar refractivity (Wildman–Crippen MR) is 117 cm³/mol. The van der Waals surface area contributed by atoms with Crippen LogP contribution in [-0.2, 0) is 16.0 Å². The van der Waals surface area contributed by atoms with Crippen molar-refractivity contribution in [2.45, 2.75) is 33.1 Å². The molecule has 0 saturated carbocycles. The summed E-state index contributed by atoms with van der Waals surface area (Å²) in [5.41, 5.74) is 4.36. The van der Waals surface area contributed by atoms with E-state index in [1.54, 1.807) is 0 Å². The van der Waals surface area contributed by atoms with Gasteiger partial charge in [-0.1, -0.05) is 36.4 Å². The van der Waals surface area contributed by atoms with Crippen LogP contribution in [0.15, 0.2) is 48.5 Å². The Balaban J connectivity index is 1.37. The zero-order valence-corrected chi connectivity index (χ0v) is 17.4. The van der Waals surface area contributed by atoms with Gasteiger partial charge in [0.15, 0.2) is 0 Å². The molecule has 2 N–H and O–H groups in total. The Kier molecular flexibility index (Phi) is 7.42. The Hall–Kier alpha value is -2.66. The van der Waals surface area contributed by atoms with E-state index >= 15 is 0 Å². The van der Waals surface area contributed by atoms with Crippen LogP contribution in [0.3, 0.4) is 0 Å². The third-order valence-electron chi connectivity index (χ3n) is 5.39. The molecule has 0 spiro atoms. The zero-order chi connectivity index (χ0) is 20.6. The number of hydrogen-bond acceptors (Lipinski definition) is 3. The fourth-order valence-electron chi connectivity index (χ4n) is 3.92. The van der Waals surface area contributed by atoms with E-state index in [2.05, 4.69) is 33.7 Å². The highest BCUT2D eigenvalue weighted by atomic mass is 16.2. The van der Waals surface area contributed by atoms with Crippen LogP contribution in [0.5, 0.6) is 0 Å². The van der Waals surface area contributed by atoms with Crippen molar-refractivity contribution in [2.75, 3.05) is 31.5 Å². The summed E-state index contributed by atoms with van der Waals surface area (Å²) in [5.74, 6) is 0.186. The van der Waals surface area contributed by atoms with Crippen molar-refractivity contribution in [2.24, 2.45) is 5.92 Å². The molecule has 0 bridgehead atoms. The van der Waals surface area contributed by atoms with E-state index in [9.17, 15) is 9.59 Å². The van der Waals surface area contributed by atoms with E-state index in [1.165, 1.54) is 5.56 Å². The van der Waals surface area contributed by atoms with Gasteiger partial charge in [-0.05, 0) is 75.0 Å². The lowest BCUT2D eigenvalue weighted by Crippen LogP contribution is -2.43. The van der Waals surface area contributed by atoms with Gasteiger partial charge in [-0.2, -0.15) is 0 Å². The molecule has 0 radical (unpaired) electrons. The first-order valence-corrected chi connectivity index (χ1v) is 10.4. The van der Waals surface area contributed by atoms with Crippen LogP contribution in [0.1, 0.15) is 29.5 Å². The molecule has 154 valence electrons. The number of nitrogens with zero attached hydrogens (tertiary/aromatic N) is 1. The van der Waals surface area contributed by atoms with Crippen molar-refractivity contribution < 1.29 is 9.59 Å². The monoisotopic (exact) mass is 393 g/mol. The molecule has 0 aromatic heterocycles. The molecule has 2 amide bonds. The van der Waals surface area contributed by atoms with Crippen LogP contribution < -0.4 is 10.6 Å². The second kappa shape index (κ2) is 10.2. The average molecular weight is 394 g/mol. The van der Waals surface area contributed by atoms with E-state index < -0.39 is 0 Å². The quantitative estimate of drug-likeness (QED) is 0.759. The molecule has 3 rings (SSSR count). The number of rotatable bonds is 7. The van der Waals surface area contributed by atoms with Crippen molar-refractivity contribution in [3.05, 3.63) is 65.2 Å². The van der Waals surface area contributed by atoms with Gasteiger partial charge in [-0.3, -0.25) is 14.5 Å². The topological polar surface area (TPSA) is 61.4 Å². The number of nitrogens with one attached hydrogen (secondary N) is 2. The molecule has 5 nitrogen and oxygen atoms in total. The highest BCUT2D eigenvalue weighted by Gasteiger charge is 2.25. The maximum atomic E-state index is 12.4. The van der Waals surface area contributed by atoms with Gasteiger partial charge >= 0.3 is 0 Å². The summed E-state index contributed by atoms with van der Waals surface area (Å²) in [6.07, 6.45) is 2.45. The summed E-state index contributed by atoms with van der Waals surface area (Å²) < 4.78 is 0. The molecule has 5 heteroatoms. The van der Waals surface area contributed by atoms with Crippen molar-refractivity contribution in [3.8, 4) is 0 Å². The fraction of sp³-hybridized carbons (Fsp3) is 0.417. The van der Waals surface area contributed by atoms with Crippen molar-refractivity contribution in [1.29, 1.82) is 0 Å². The third-order valence-corrected chi connectivity index (χ3v) is 5.39. The van der Waals surface area contributed by atoms with Gasteiger partial charge in [0.25, 0.3) is 0 Å². The molecule has 1 saturated heterocycles. The maximum Gasteiger partial charge on any atom is 0.238 e. The Morgan fingerprint density at radius 3 is 2.31 bits per heavy atom. The highest BCUT2D eigenvalue weighted by molar-refractivity contribution is 5.92. The molecular formula is C24H31N3O2. The number of piperidine rings is 1. The summed E-state index contributed by atoms with van der Waals surface area (Å²) in [4.78, 5) is 26.9. The lowest BCUT2D eigenvalue weighted by atomic mass is 9.96. The molecule has 0 aliphatic carbocycles. The number of aryl methyl sites for hydroxylation is 2. The summed E-state index contributed by atoms with van der Waals surface area (Å²) in [6.45, 7) is 6.64. The van der Waals surface area contributed by atoms with E-state index in [0.29, 0.717) is 13.1 Å². The molecule has 1 fully saturated rings. The number of amides is 2.